The molecule has 2 nitrogen and oxygen atoms in total. The first-order chi connectivity index (χ1) is 9.72. The fourth-order valence-electron chi connectivity index (χ4n) is 1.88. The van der Waals surface area contributed by atoms with Crippen molar-refractivity contribution >= 4 is 23.2 Å². The molecule has 0 aliphatic carbocycles. The number of nitrogens with one attached hydrogen (secondary N) is 1. The third-order valence-electron chi connectivity index (χ3n) is 2.94. The van der Waals surface area contributed by atoms with Crippen LogP contribution in [0, 0.1) is 0 Å². The summed E-state index contributed by atoms with van der Waals surface area (Å²) in [5, 5.41) is 4.60. The number of halogens is 2. The average Bonchev–Trinajstić information content (AvgIpc) is 2.45. The van der Waals surface area contributed by atoms with Gasteiger partial charge in [0.25, 0.3) is 0 Å². The summed E-state index contributed by atoms with van der Waals surface area (Å²) in [4.78, 5) is 0. The van der Waals surface area contributed by atoms with Crippen molar-refractivity contribution in [2.75, 3.05) is 6.54 Å². The third-order valence-corrected chi connectivity index (χ3v) is 3.61. The lowest BCUT2D eigenvalue weighted by Crippen LogP contribution is -2.13. The minimum absolute atomic E-state index is 0.405. The predicted octanol–water partition coefficient (Wildman–Crippen LogP) is 4.68. The Bertz CT molecular complexity index is 572. The van der Waals surface area contributed by atoms with E-state index in [4.69, 9.17) is 27.9 Å². The van der Waals surface area contributed by atoms with Gasteiger partial charge in [-0.1, -0.05) is 60.5 Å². The zero-order valence-electron chi connectivity index (χ0n) is 11.3. The van der Waals surface area contributed by atoms with Gasteiger partial charge in [-0.05, 0) is 18.7 Å². The smallest absolute Gasteiger partial charge is 0.142 e. The summed E-state index contributed by atoms with van der Waals surface area (Å²) in [6.07, 6.45) is 0. The molecule has 0 atom stereocenters. The standard InChI is InChI=1S/C16H17Cl2NO/c1-2-19-10-12-7-5-9-15(18)16(12)20-11-13-6-3-4-8-14(13)17/h3-9,19H,2,10-11H2,1H3. The fraction of sp³-hybridized carbons (Fsp3) is 0.250. The number of benzene rings is 2. The van der Waals surface area contributed by atoms with Crippen LogP contribution >= 0.6 is 23.2 Å². The third kappa shape index (κ3) is 3.89. The molecule has 106 valence electrons. The van der Waals surface area contributed by atoms with E-state index in [1.54, 1.807) is 0 Å². The molecule has 0 aromatic heterocycles. The quantitative estimate of drug-likeness (QED) is 0.836. The van der Waals surface area contributed by atoms with Gasteiger partial charge in [0.15, 0.2) is 0 Å². The van der Waals surface area contributed by atoms with Gasteiger partial charge in [0.1, 0.15) is 12.4 Å². The Morgan fingerprint density at radius 1 is 0.950 bits per heavy atom. The van der Waals surface area contributed by atoms with E-state index in [9.17, 15) is 0 Å². The van der Waals surface area contributed by atoms with Crippen molar-refractivity contribution in [3.63, 3.8) is 0 Å². The summed E-state index contributed by atoms with van der Waals surface area (Å²) < 4.78 is 5.88. The summed E-state index contributed by atoms with van der Waals surface area (Å²) in [6, 6.07) is 13.4. The van der Waals surface area contributed by atoms with Crippen LogP contribution in [0.3, 0.4) is 0 Å². The highest BCUT2D eigenvalue weighted by molar-refractivity contribution is 6.32. The molecule has 20 heavy (non-hydrogen) atoms. The zero-order chi connectivity index (χ0) is 14.4. The second kappa shape index (κ2) is 7.53. The molecule has 0 aliphatic heterocycles. The van der Waals surface area contributed by atoms with E-state index < -0.39 is 0 Å². The summed E-state index contributed by atoms with van der Waals surface area (Å²) in [7, 11) is 0. The van der Waals surface area contributed by atoms with E-state index in [2.05, 4.69) is 12.2 Å². The molecule has 0 unspecified atom stereocenters. The Kier molecular flexibility index (Phi) is 5.72. The molecule has 2 aromatic rings. The molecule has 0 heterocycles. The van der Waals surface area contributed by atoms with Gasteiger partial charge in [-0.15, -0.1) is 0 Å². The first-order valence-corrected chi connectivity index (χ1v) is 7.32. The fourth-order valence-corrected chi connectivity index (χ4v) is 2.32. The van der Waals surface area contributed by atoms with Crippen LogP contribution in [0.15, 0.2) is 42.5 Å². The molecule has 4 heteroatoms. The Morgan fingerprint density at radius 3 is 2.40 bits per heavy atom. The number of hydrogen-bond acceptors (Lipinski definition) is 2. The van der Waals surface area contributed by atoms with Crippen molar-refractivity contribution in [1.29, 1.82) is 0 Å². The second-order valence-electron chi connectivity index (χ2n) is 4.39. The minimum atomic E-state index is 0.405. The van der Waals surface area contributed by atoms with Crippen LogP contribution in [0.5, 0.6) is 5.75 Å². The van der Waals surface area contributed by atoms with Crippen LogP contribution < -0.4 is 10.1 Å². The summed E-state index contributed by atoms with van der Waals surface area (Å²) >= 11 is 12.4. The van der Waals surface area contributed by atoms with Crippen molar-refractivity contribution in [3.8, 4) is 5.75 Å². The Balaban J connectivity index is 2.14. The highest BCUT2D eigenvalue weighted by Crippen LogP contribution is 2.30. The monoisotopic (exact) mass is 309 g/mol. The lowest BCUT2D eigenvalue weighted by molar-refractivity contribution is 0.302. The number of para-hydroxylation sites is 1. The van der Waals surface area contributed by atoms with Gasteiger partial charge in [0, 0.05) is 22.7 Å². The number of ether oxygens (including phenoxy) is 1. The van der Waals surface area contributed by atoms with E-state index in [-0.39, 0.29) is 0 Å². The molecule has 0 radical (unpaired) electrons. The Hall–Kier alpha value is -1.22. The van der Waals surface area contributed by atoms with Crippen LogP contribution in [0.4, 0.5) is 0 Å². The SMILES string of the molecule is CCNCc1cccc(Cl)c1OCc1ccccc1Cl. The molecule has 2 rings (SSSR count). The predicted molar refractivity (Wildman–Crippen MR) is 84.6 cm³/mol. The molecule has 0 aliphatic rings. The molecule has 0 amide bonds. The van der Waals surface area contributed by atoms with Crippen LogP contribution in [0.25, 0.3) is 0 Å². The largest absolute Gasteiger partial charge is 0.487 e. The molecule has 0 saturated carbocycles. The lowest BCUT2D eigenvalue weighted by atomic mass is 10.2. The summed E-state index contributed by atoms with van der Waals surface area (Å²) in [5.74, 6) is 0.718. The highest BCUT2D eigenvalue weighted by atomic mass is 35.5. The maximum atomic E-state index is 6.23. The van der Waals surface area contributed by atoms with Crippen molar-refractivity contribution < 1.29 is 4.74 Å². The van der Waals surface area contributed by atoms with E-state index in [1.807, 2.05) is 42.5 Å². The van der Waals surface area contributed by atoms with Crippen molar-refractivity contribution in [3.05, 3.63) is 63.6 Å². The van der Waals surface area contributed by atoms with Gasteiger partial charge in [-0.3, -0.25) is 0 Å². The highest BCUT2D eigenvalue weighted by Gasteiger charge is 2.09. The number of hydrogen-bond donors (Lipinski definition) is 1. The van der Waals surface area contributed by atoms with Gasteiger partial charge in [0.2, 0.25) is 0 Å². The van der Waals surface area contributed by atoms with E-state index in [0.717, 1.165) is 30.0 Å². The van der Waals surface area contributed by atoms with E-state index in [1.165, 1.54) is 0 Å². The van der Waals surface area contributed by atoms with Gasteiger partial charge < -0.3 is 10.1 Å². The molecule has 0 saturated heterocycles. The molecule has 0 spiro atoms. The first kappa shape index (κ1) is 15.2. The van der Waals surface area contributed by atoms with Gasteiger partial charge in [-0.2, -0.15) is 0 Å². The molecular formula is C16H17Cl2NO. The first-order valence-electron chi connectivity index (χ1n) is 6.56. The van der Waals surface area contributed by atoms with Crippen LogP contribution in [0.2, 0.25) is 10.0 Å². The van der Waals surface area contributed by atoms with Crippen LogP contribution in [-0.2, 0) is 13.2 Å². The molecule has 1 N–H and O–H groups in total. The lowest BCUT2D eigenvalue weighted by Gasteiger charge is -2.14. The summed E-state index contributed by atoms with van der Waals surface area (Å²) in [6.45, 7) is 4.10. The molecule has 0 fully saturated rings. The number of rotatable bonds is 6. The topological polar surface area (TPSA) is 21.3 Å². The van der Waals surface area contributed by atoms with Gasteiger partial charge in [0.05, 0.1) is 5.02 Å². The second-order valence-corrected chi connectivity index (χ2v) is 5.20. The van der Waals surface area contributed by atoms with Crippen molar-refractivity contribution in [1.82, 2.24) is 5.32 Å². The van der Waals surface area contributed by atoms with Gasteiger partial charge >= 0.3 is 0 Å². The maximum Gasteiger partial charge on any atom is 0.142 e. The maximum absolute atomic E-state index is 6.23. The van der Waals surface area contributed by atoms with E-state index >= 15 is 0 Å². The van der Waals surface area contributed by atoms with Crippen molar-refractivity contribution in [2.24, 2.45) is 0 Å². The van der Waals surface area contributed by atoms with Crippen molar-refractivity contribution in [2.45, 2.75) is 20.1 Å². The van der Waals surface area contributed by atoms with Crippen LogP contribution in [0.1, 0.15) is 18.1 Å². The average molecular weight is 310 g/mol. The zero-order valence-corrected chi connectivity index (χ0v) is 12.8. The summed E-state index contributed by atoms with van der Waals surface area (Å²) in [5.41, 5.74) is 2.00. The van der Waals surface area contributed by atoms with Gasteiger partial charge in [-0.25, -0.2) is 0 Å². The van der Waals surface area contributed by atoms with Crippen LogP contribution in [-0.4, -0.2) is 6.54 Å². The Morgan fingerprint density at radius 2 is 1.65 bits per heavy atom. The molecule has 0 bridgehead atoms. The molecular weight excluding hydrogens is 293 g/mol. The molecule has 2 aromatic carbocycles. The minimum Gasteiger partial charge on any atom is -0.487 e. The normalized spacial score (nSPS) is 10.6. The van der Waals surface area contributed by atoms with E-state index in [0.29, 0.717) is 16.7 Å². The Labute approximate surface area is 129 Å².